The quantitative estimate of drug-likeness (QED) is 0.786. The van der Waals surface area contributed by atoms with Crippen LogP contribution in [-0.2, 0) is 4.79 Å². The number of hydrogen-bond donors (Lipinski definition) is 2. The van der Waals surface area contributed by atoms with Crippen molar-refractivity contribution in [2.75, 3.05) is 12.0 Å². The molecule has 1 aromatic heterocycles. The Morgan fingerprint density at radius 2 is 2.16 bits per heavy atom. The van der Waals surface area contributed by atoms with Gasteiger partial charge >= 0.3 is 5.97 Å². The van der Waals surface area contributed by atoms with E-state index < -0.39 is 17.9 Å². The largest absolute Gasteiger partial charge is 0.480 e. The number of carboxylic acids is 1. The molecule has 19 heavy (non-hydrogen) atoms. The third-order valence-corrected chi connectivity index (χ3v) is 3.42. The molecule has 0 bridgehead atoms. The second kappa shape index (κ2) is 7.57. The van der Waals surface area contributed by atoms with Crippen molar-refractivity contribution in [2.45, 2.75) is 12.5 Å². The van der Waals surface area contributed by atoms with Crippen molar-refractivity contribution in [2.24, 2.45) is 0 Å². The zero-order valence-electron chi connectivity index (χ0n) is 10.0. The summed E-state index contributed by atoms with van der Waals surface area (Å²) >= 11 is 12.9. The minimum atomic E-state index is -1.08. The predicted octanol–water partition coefficient (Wildman–Crippen LogP) is 2.32. The molecule has 1 unspecified atom stereocenters. The number of amides is 1. The third kappa shape index (κ3) is 4.89. The molecule has 0 aliphatic heterocycles. The summed E-state index contributed by atoms with van der Waals surface area (Å²) in [7, 11) is 0. The minimum Gasteiger partial charge on any atom is -0.480 e. The van der Waals surface area contributed by atoms with E-state index in [0.717, 1.165) is 0 Å². The number of hydrogen-bond acceptors (Lipinski definition) is 4. The second-order valence-electron chi connectivity index (χ2n) is 3.62. The van der Waals surface area contributed by atoms with Gasteiger partial charge in [-0.25, -0.2) is 9.78 Å². The first-order valence-electron chi connectivity index (χ1n) is 5.30. The fourth-order valence-corrected chi connectivity index (χ4v) is 2.21. The molecule has 2 N–H and O–H groups in total. The van der Waals surface area contributed by atoms with Gasteiger partial charge in [0.25, 0.3) is 5.91 Å². The first-order valence-corrected chi connectivity index (χ1v) is 7.45. The Kier molecular flexibility index (Phi) is 6.41. The SMILES string of the molecule is CSCCC(NC(=O)c1ccc(Cl)nc1Cl)C(=O)O. The fourth-order valence-electron chi connectivity index (χ4n) is 1.31. The third-order valence-electron chi connectivity index (χ3n) is 2.27. The number of nitrogens with zero attached hydrogens (tertiary/aromatic N) is 1. The molecule has 0 radical (unpaired) electrons. The maximum atomic E-state index is 11.9. The van der Waals surface area contributed by atoms with Crippen molar-refractivity contribution in [1.82, 2.24) is 10.3 Å². The molecule has 0 fully saturated rings. The van der Waals surface area contributed by atoms with Gasteiger partial charge in [-0.15, -0.1) is 0 Å². The first kappa shape index (κ1) is 16.1. The molecule has 104 valence electrons. The number of nitrogens with one attached hydrogen (secondary N) is 1. The van der Waals surface area contributed by atoms with Gasteiger partial charge in [0.2, 0.25) is 0 Å². The van der Waals surface area contributed by atoms with Gasteiger partial charge in [-0.1, -0.05) is 23.2 Å². The van der Waals surface area contributed by atoms with Crippen molar-refractivity contribution in [3.8, 4) is 0 Å². The standard InChI is InChI=1S/C11H12Cl2N2O3S/c1-19-5-4-7(11(17)18)14-10(16)6-2-3-8(12)15-9(6)13/h2-3,7H,4-5H2,1H3,(H,14,16)(H,17,18). The highest BCUT2D eigenvalue weighted by molar-refractivity contribution is 7.98. The van der Waals surface area contributed by atoms with E-state index in [-0.39, 0.29) is 15.9 Å². The summed E-state index contributed by atoms with van der Waals surface area (Å²) in [5, 5.41) is 11.5. The van der Waals surface area contributed by atoms with Gasteiger partial charge in [-0.3, -0.25) is 4.79 Å². The molecule has 0 spiro atoms. The van der Waals surface area contributed by atoms with E-state index in [2.05, 4.69) is 10.3 Å². The normalized spacial score (nSPS) is 11.9. The number of carbonyl (C=O) groups is 2. The van der Waals surface area contributed by atoms with Gasteiger partial charge < -0.3 is 10.4 Å². The van der Waals surface area contributed by atoms with Gasteiger partial charge in [0.1, 0.15) is 16.3 Å². The van der Waals surface area contributed by atoms with E-state index >= 15 is 0 Å². The van der Waals surface area contributed by atoms with Crippen molar-refractivity contribution < 1.29 is 14.7 Å². The Labute approximate surface area is 124 Å². The summed E-state index contributed by atoms with van der Waals surface area (Å²) in [6.07, 6.45) is 2.20. The van der Waals surface area contributed by atoms with Crippen LogP contribution in [-0.4, -0.2) is 40.0 Å². The Morgan fingerprint density at radius 1 is 1.47 bits per heavy atom. The van der Waals surface area contributed by atoms with Crippen LogP contribution in [0, 0.1) is 0 Å². The van der Waals surface area contributed by atoms with Crippen LogP contribution in [0.25, 0.3) is 0 Å². The van der Waals surface area contributed by atoms with E-state index in [4.69, 9.17) is 28.3 Å². The lowest BCUT2D eigenvalue weighted by atomic mass is 10.2. The van der Waals surface area contributed by atoms with Crippen molar-refractivity contribution >= 4 is 46.8 Å². The van der Waals surface area contributed by atoms with Crippen molar-refractivity contribution in [3.05, 3.63) is 28.0 Å². The van der Waals surface area contributed by atoms with Crippen LogP contribution < -0.4 is 5.32 Å². The zero-order chi connectivity index (χ0) is 14.4. The fraction of sp³-hybridized carbons (Fsp3) is 0.364. The average molecular weight is 323 g/mol. The van der Waals surface area contributed by atoms with Crippen LogP contribution in [0.1, 0.15) is 16.8 Å². The molecule has 0 saturated carbocycles. The van der Waals surface area contributed by atoms with E-state index in [1.165, 1.54) is 23.9 Å². The molecule has 1 heterocycles. The first-order chi connectivity index (χ1) is 8.95. The molecule has 0 aliphatic carbocycles. The van der Waals surface area contributed by atoms with Crippen LogP contribution >= 0.6 is 35.0 Å². The Balaban J connectivity index is 2.78. The van der Waals surface area contributed by atoms with E-state index in [1.807, 2.05) is 6.26 Å². The molecule has 0 aromatic carbocycles. The lowest BCUT2D eigenvalue weighted by Gasteiger charge is -2.14. The maximum Gasteiger partial charge on any atom is 0.326 e. The number of carbonyl (C=O) groups excluding carboxylic acids is 1. The summed E-state index contributed by atoms with van der Waals surface area (Å²) in [5.74, 6) is -1.03. The summed E-state index contributed by atoms with van der Waals surface area (Å²) in [6.45, 7) is 0. The zero-order valence-corrected chi connectivity index (χ0v) is 12.3. The maximum absolute atomic E-state index is 11.9. The Hall–Kier alpha value is -0.980. The van der Waals surface area contributed by atoms with E-state index in [1.54, 1.807) is 0 Å². The Bertz CT molecular complexity index is 485. The van der Waals surface area contributed by atoms with Crippen LogP contribution in [0.4, 0.5) is 0 Å². The number of rotatable bonds is 6. The predicted molar refractivity (Wildman–Crippen MR) is 76.1 cm³/mol. The molecule has 8 heteroatoms. The number of aromatic nitrogens is 1. The van der Waals surface area contributed by atoms with Gasteiger partial charge in [0, 0.05) is 0 Å². The molecular weight excluding hydrogens is 311 g/mol. The van der Waals surface area contributed by atoms with Crippen LogP contribution in [0.5, 0.6) is 0 Å². The monoisotopic (exact) mass is 322 g/mol. The molecule has 5 nitrogen and oxygen atoms in total. The molecule has 1 atom stereocenters. The molecule has 1 rings (SSSR count). The lowest BCUT2D eigenvalue weighted by molar-refractivity contribution is -0.139. The lowest BCUT2D eigenvalue weighted by Crippen LogP contribution is -2.41. The number of halogens is 2. The molecule has 0 saturated heterocycles. The second-order valence-corrected chi connectivity index (χ2v) is 5.35. The van der Waals surface area contributed by atoms with Gasteiger partial charge in [0.05, 0.1) is 5.56 Å². The van der Waals surface area contributed by atoms with Gasteiger partial charge in [-0.05, 0) is 30.6 Å². The minimum absolute atomic E-state index is 0.0565. The van der Waals surface area contributed by atoms with Crippen LogP contribution in [0.3, 0.4) is 0 Å². The number of aliphatic carboxylic acids is 1. The van der Waals surface area contributed by atoms with E-state index in [9.17, 15) is 9.59 Å². The highest BCUT2D eigenvalue weighted by Gasteiger charge is 2.21. The van der Waals surface area contributed by atoms with Crippen molar-refractivity contribution in [1.29, 1.82) is 0 Å². The van der Waals surface area contributed by atoms with E-state index in [0.29, 0.717) is 12.2 Å². The van der Waals surface area contributed by atoms with Crippen molar-refractivity contribution in [3.63, 3.8) is 0 Å². The average Bonchev–Trinajstić information content (AvgIpc) is 2.33. The molecule has 1 amide bonds. The van der Waals surface area contributed by atoms with Crippen LogP contribution in [0.2, 0.25) is 10.3 Å². The number of thioether (sulfide) groups is 1. The summed E-state index contributed by atoms with van der Waals surface area (Å²) in [6, 6.07) is 1.87. The Morgan fingerprint density at radius 3 is 2.68 bits per heavy atom. The highest BCUT2D eigenvalue weighted by atomic mass is 35.5. The summed E-state index contributed by atoms with van der Waals surface area (Å²) < 4.78 is 0. The summed E-state index contributed by atoms with van der Waals surface area (Å²) in [5.41, 5.74) is 0.0986. The molecule has 1 aromatic rings. The molecular formula is C11H12Cl2N2O3S. The highest BCUT2D eigenvalue weighted by Crippen LogP contribution is 2.16. The smallest absolute Gasteiger partial charge is 0.326 e. The number of carboxylic acid groups (broad SMARTS) is 1. The summed E-state index contributed by atoms with van der Waals surface area (Å²) in [4.78, 5) is 26.7. The van der Waals surface area contributed by atoms with Gasteiger partial charge in [0.15, 0.2) is 0 Å². The van der Waals surface area contributed by atoms with Crippen LogP contribution in [0.15, 0.2) is 12.1 Å². The topological polar surface area (TPSA) is 79.3 Å². The van der Waals surface area contributed by atoms with Gasteiger partial charge in [-0.2, -0.15) is 11.8 Å². The molecule has 0 aliphatic rings. The number of pyridine rings is 1.